The van der Waals surface area contributed by atoms with Crippen LogP contribution in [0, 0.1) is 13.8 Å². The van der Waals surface area contributed by atoms with Crippen molar-refractivity contribution in [1.82, 2.24) is 19.8 Å². The number of hydrogen-bond acceptors (Lipinski definition) is 6. The zero-order chi connectivity index (χ0) is 16.5. The first kappa shape index (κ1) is 16.6. The van der Waals surface area contributed by atoms with E-state index in [-0.39, 0.29) is 6.10 Å². The molecule has 24 heavy (non-hydrogen) atoms. The van der Waals surface area contributed by atoms with Gasteiger partial charge in [-0.1, -0.05) is 0 Å². The minimum absolute atomic E-state index is 0.243. The summed E-state index contributed by atoms with van der Waals surface area (Å²) < 4.78 is 6.11. The third kappa shape index (κ3) is 3.55. The highest BCUT2D eigenvalue weighted by Gasteiger charge is 2.31. The molecule has 1 aromatic heterocycles. The molecule has 1 aromatic rings. The smallest absolute Gasteiger partial charge is 0.220 e. The van der Waals surface area contributed by atoms with E-state index in [4.69, 9.17) is 4.74 Å². The lowest BCUT2D eigenvalue weighted by atomic mass is 10.1. The quantitative estimate of drug-likeness (QED) is 0.831. The van der Waals surface area contributed by atoms with Crippen LogP contribution in [0.15, 0.2) is 0 Å². The average molecular weight is 349 g/mol. The Morgan fingerprint density at radius 2 is 1.83 bits per heavy atom. The summed E-state index contributed by atoms with van der Waals surface area (Å²) in [6, 6.07) is 0.835. The Labute approximate surface area is 149 Å². The summed E-state index contributed by atoms with van der Waals surface area (Å²) in [5.74, 6) is 4.33. The largest absolute Gasteiger partial charge is 0.472 e. The minimum atomic E-state index is 0.243. The molecule has 1 atom stereocenters. The van der Waals surface area contributed by atoms with Gasteiger partial charge in [0.05, 0.1) is 0 Å². The molecule has 0 radical (unpaired) electrons. The van der Waals surface area contributed by atoms with E-state index in [0.29, 0.717) is 0 Å². The molecule has 2 fully saturated rings. The van der Waals surface area contributed by atoms with Crippen molar-refractivity contribution < 1.29 is 4.74 Å². The standard InChI is InChI=1S/C18H28N4OS/c1-13-17-11-16(23-18(17)20-14(2)19-13)12-21-5-7-22(8-6-21)15-3-9-24-10-4-15/h15-16H,3-12H2,1-2H3/t16-/m0/s1. The summed E-state index contributed by atoms with van der Waals surface area (Å²) in [4.78, 5) is 14.2. The molecule has 0 N–H and O–H groups in total. The average Bonchev–Trinajstić information content (AvgIpc) is 2.99. The zero-order valence-electron chi connectivity index (χ0n) is 14.8. The number of aryl methyl sites for hydroxylation is 2. The van der Waals surface area contributed by atoms with Crippen LogP contribution >= 0.6 is 11.8 Å². The van der Waals surface area contributed by atoms with Crippen LogP contribution in [-0.4, -0.2) is 76.1 Å². The molecule has 0 amide bonds. The molecule has 0 aliphatic carbocycles. The maximum absolute atomic E-state index is 6.11. The molecule has 2 saturated heterocycles. The van der Waals surface area contributed by atoms with Crippen LogP contribution in [0.4, 0.5) is 0 Å². The normalized spacial score (nSPS) is 26.3. The monoisotopic (exact) mass is 348 g/mol. The molecule has 0 unspecified atom stereocenters. The molecule has 3 aliphatic heterocycles. The molecule has 3 aliphatic rings. The molecular formula is C18H28N4OS. The summed E-state index contributed by atoms with van der Waals surface area (Å²) in [6.07, 6.45) is 3.96. The second kappa shape index (κ2) is 7.18. The van der Waals surface area contributed by atoms with Crippen molar-refractivity contribution >= 4 is 11.8 Å². The molecule has 0 aromatic carbocycles. The van der Waals surface area contributed by atoms with Gasteiger partial charge in [-0.15, -0.1) is 0 Å². The number of hydrogen-bond donors (Lipinski definition) is 0. The third-order valence-corrected chi connectivity index (χ3v) is 6.62. The van der Waals surface area contributed by atoms with Crippen molar-refractivity contribution in [2.45, 2.75) is 45.3 Å². The molecule has 6 heteroatoms. The lowest BCUT2D eigenvalue weighted by Crippen LogP contribution is -2.52. The first-order chi connectivity index (χ1) is 11.7. The van der Waals surface area contributed by atoms with Gasteiger partial charge in [0.15, 0.2) is 0 Å². The Balaban J connectivity index is 1.28. The number of piperazine rings is 1. The van der Waals surface area contributed by atoms with Crippen LogP contribution in [0.2, 0.25) is 0 Å². The van der Waals surface area contributed by atoms with E-state index in [1.165, 1.54) is 56.1 Å². The molecule has 0 bridgehead atoms. The minimum Gasteiger partial charge on any atom is -0.472 e. The van der Waals surface area contributed by atoms with E-state index in [1.807, 2.05) is 6.92 Å². The summed E-state index contributed by atoms with van der Waals surface area (Å²) in [6.45, 7) is 9.80. The highest BCUT2D eigenvalue weighted by molar-refractivity contribution is 7.99. The van der Waals surface area contributed by atoms with E-state index in [0.717, 1.165) is 36.4 Å². The maximum atomic E-state index is 6.11. The highest BCUT2D eigenvalue weighted by Crippen LogP contribution is 2.29. The fourth-order valence-electron chi connectivity index (χ4n) is 4.22. The van der Waals surface area contributed by atoms with Gasteiger partial charge < -0.3 is 4.74 Å². The maximum Gasteiger partial charge on any atom is 0.220 e. The number of thioether (sulfide) groups is 1. The van der Waals surface area contributed by atoms with Gasteiger partial charge >= 0.3 is 0 Å². The van der Waals surface area contributed by atoms with Crippen molar-refractivity contribution in [1.29, 1.82) is 0 Å². The first-order valence-electron chi connectivity index (χ1n) is 9.24. The van der Waals surface area contributed by atoms with Crippen LogP contribution in [0.25, 0.3) is 0 Å². The Hall–Kier alpha value is -0.850. The molecule has 4 rings (SSSR count). The number of ether oxygens (including phenoxy) is 1. The second-order valence-corrected chi connectivity index (χ2v) is 8.49. The van der Waals surface area contributed by atoms with Crippen molar-refractivity contribution in [3.63, 3.8) is 0 Å². The first-order valence-corrected chi connectivity index (χ1v) is 10.4. The highest BCUT2D eigenvalue weighted by atomic mass is 32.2. The lowest BCUT2D eigenvalue weighted by Gasteiger charge is -2.41. The second-order valence-electron chi connectivity index (χ2n) is 7.26. The van der Waals surface area contributed by atoms with Crippen molar-refractivity contribution in [2.24, 2.45) is 0 Å². The summed E-state index contributed by atoms with van der Waals surface area (Å²) in [5.41, 5.74) is 2.30. The third-order valence-electron chi connectivity index (χ3n) is 5.57. The molecule has 4 heterocycles. The Kier molecular flexibility index (Phi) is 4.97. The fourth-order valence-corrected chi connectivity index (χ4v) is 5.30. The molecule has 0 spiro atoms. The Morgan fingerprint density at radius 1 is 1.08 bits per heavy atom. The van der Waals surface area contributed by atoms with E-state index < -0.39 is 0 Å². The van der Waals surface area contributed by atoms with Gasteiger partial charge in [-0.05, 0) is 38.2 Å². The molecule has 0 saturated carbocycles. The topological polar surface area (TPSA) is 41.5 Å². The zero-order valence-corrected chi connectivity index (χ0v) is 15.6. The number of aromatic nitrogens is 2. The van der Waals surface area contributed by atoms with E-state index in [2.05, 4.69) is 38.5 Å². The van der Waals surface area contributed by atoms with Crippen molar-refractivity contribution in [3.05, 3.63) is 17.1 Å². The van der Waals surface area contributed by atoms with Crippen molar-refractivity contribution in [3.8, 4) is 5.88 Å². The molecular weight excluding hydrogens is 320 g/mol. The van der Waals surface area contributed by atoms with Gasteiger partial charge in [0, 0.05) is 56.4 Å². The number of nitrogens with zero attached hydrogens (tertiary/aromatic N) is 4. The van der Waals surface area contributed by atoms with E-state index in [9.17, 15) is 0 Å². The molecule has 132 valence electrons. The predicted octanol–water partition coefficient (Wildman–Crippen LogP) is 1.91. The van der Waals surface area contributed by atoms with Gasteiger partial charge in [-0.25, -0.2) is 4.98 Å². The van der Waals surface area contributed by atoms with Crippen molar-refractivity contribution in [2.75, 3.05) is 44.2 Å². The summed E-state index contributed by atoms with van der Waals surface area (Å²) in [5, 5.41) is 0. The number of rotatable bonds is 3. The van der Waals surface area contributed by atoms with Crippen LogP contribution in [0.3, 0.4) is 0 Å². The van der Waals surface area contributed by atoms with Gasteiger partial charge in [-0.2, -0.15) is 16.7 Å². The van der Waals surface area contributed by atoms with Crippen LogP contribution < -0.4 is 4.74 Å². The SMILES string of the molecule is Cc1nc(C)c2c(n1)O[C@H](CN1CCN(C3CCSCC3)CC1)C2. The Bertz CT molecular complexity index is 583. The van der Waals surface area contributed by atoms with Crippen LogP contribution in [0.5, 0.6) is 5.88 Å². The van der Waals surface area contributed by atoms with Gasteiger partial charge in [0.1, 0.15) is 11.9 Å². The summed E-state index contributed by atoms with van der Waals surface area (Å²) in [7, 11) is 0. The van der Waals surface area contributed by atoms with E-state index >= 15 is 0 Å². The summed E-state index contributed by atoms with van der Waals surface area (Å²) >= 11 is 2.12. The van der Waals surface area contributed by atoms with E-state index in [1.54, 1.807) is 0 Å². The lowest BCUT2D eigenvalue weighted by molar-refractivity contribution is 0.0667. The van der Waals surface area contributed by atoms with Gasteiger partial charge in [0.25, 0.3) is 0 Å². The number of fused-ring (bicyclic) bond motifs is 1. The Morgan fingerprint density at radius 3 is 2.58 bits per heavy atom. The molecule has 5 nitrogen and oxygen atoms in total. The van der Waals surface area contributed by atoms with Gasteiger partial charge in [-0.3, -0.25) is 9.80 Å². The fraction of sp³-hybridized carbons (Fsp3) is 0.778. The predicted molar refractivity (Wildman–Crippen MR) is 98.0 cm³/mol. The van der Waals surface area contributed by atoms with Crippen LogP contribution in [-0.2, 0) is 6.42 Å². The van der Waals surface area contributed by atoms with Gasteiger partial charge in [0.2, 0.25) is 5.88 Å². The van der Waals surface area contributed by atoms with Crippen LogP contribution in [0.1, 0.15) is 29.9 Å².